The van der Waals surface area contributed by atoms with Gasteiger partial charge in [-0.3, -0.25) is 0 Å². The standard InChI is InChI=1S/C10H17NO/c1-8-4-5-10(7-11,12-3)6-9(8)2/h8-9H,4-6H2,1-3H3. The zero-order valence-corrected chi connectivity index (χ0v) is 8.13. The molecule has 0 aliphatic heterocycles. The molecule has 0 spiro atoms. The molecular formula is C10H17NO. The molecule has 3 atom stereocenters. The van der Waals surface area contributed by atoms with Crippen LogP contribution in [0.4, 0.5) is 0 Å². The van der Waals surface area contributed by atoms with E-state index in [2.05, 4.69) is 19.9 Å². The van der Waals surface area contributed by atoms with Gasteiger partial charge in [-0.2, -0.15) is 5.26 Å². The molecule has 0 aromatic rings. The third-order valence-corrected chi connectivity index (χ3v) is 3.22. The van der Waals surface area contributed by atoms with Crippen molar-refractivity contribution < 1.29 is 4.74 Å². The lowest BCUT2D eigenvalue weighted by atomic mass is 9.74. The summed E-state index contributed by atoms with van der Waals surface area (Å²) in [6, 6.07) is 2.30. The van der Waals surface area contributed by atoms with Crippen LogP contribution in [-0.4, -0.2) is 12.7 Å². The first kappa shape index (κ1) is 9.54. The molecule has 1 aliphatic carbocycles. The largest absolute Gasteiger partial charge is 0.363 e. The summed E-state index contributed by atoms with van der Waals surface area (Å²) in [6.07, 6.45) is 2.90. The third-order valence-electron chi connectivity index (χ3n) is 3.22. The Kier molecular flexibility index (Phi) is 2.74. The average molecular weight is 167 g/mol. The highest BCUT2D eigenvalue weighted by Crippen LogP contribution is 2.37. The number of nitrogens with zero attached hydrogens (tertiary/aromatic N) is 1. The molecule has 12 heavy (non-hydrogen) atoms. The van der Waals surface area contributed by atoms with E-state index in [4.69, 9.17) is 10.00 Å². The van der Waals surface area contributed by atoms with Crippen molar-refractivity contribution in [1.82, 2.24) is 0 Å². The number of nitriles is 1. The maximum Gasteiger partial charge on any atom is 0.154 e. The molecule has 0 aromatic carbocycles. The lowest BCUT2D eigenvalue weighted by molar-refractivity contribution is -0.0203. The van der Waals surface area contributed by atoms with Crippen LogP contribution in [0.25, 0.3) is 0 Å². The summed E-state index contributed by atoms with van der Waals surface area (Å²) in [6.45, 7) is 4.45. The van der Waals surface area contributed by atoms with E-state index in [0.717, 1.165) is 25.2 Å². The van der Waals surface area contributed by atoms with E-state index in [1.165, 1.54) is 0 Å². The molecule has 1 rings (SSSR count). The summed E-state index contributed by atoms with van der Waals surface area (Å²) < 4.78 is 5.29. The molecule has 0 N–H and O–H groups in total. The van der Waals surface area contributed by atoms with Crippen molar-refractivity contribution in [2.75, 3.05) is 7.11 Å². The van der Waals surface area contributed by atoms with Crippen molar-refractivity contribution in [3.63, 3.8) is 0 Å². The Bertz CT molecular complexity index is 197. The first-order valence-corrected chi connectivity index (χ1v) is 4.60. The van der Waals surface area contributed by atoms with E-state index in [1.807, 2.05) is 0 Å². The summed E-state index contributed by atoms with van der Waals surface area (Å²) in [5.74, 6) is 1.35. The normalized spacial score (nSPS) is 42.2. The van der Waals surface area contributed by atoms with Crippen LogP contribution in [0.2, 0.25) is 0 Å². The van der Waals surface area contributed by atoms with Gasteiger partial charge in [-0.05, 0) is 31.1 Å². The molecule has 3 unspecified atom stereocenters. The number of hydrogen-bond acceptors (Lipinski definition) is 2. The van der Waals surface area contributed by atoms with Crippen molar-refractivity contribution in [1.29, 1.82) is 5.26 Å². The Morgan fingerprint density at radius 2 is 2.08 bits per heavy atom. The van der Waals surface area contributed by atoms with Crippen molar-refractivity contribution in [2.24, 2.45) is 11.8 Å². The van der Waals surface area contributed by atoms with E-state index in [9.17, 15) is 0 Å². The quantitative estimate of drug-likeness (QED) is 0.600. The summed E-state index contributed by atoms with van der Waals surface area (Å²) in [4.78, 5) is 0. The van der Waals surface area contributed by atoms with Crippen molar-refractivity contribution in [2.45, 2.75) is 38.7 Å². The van der Waals surface area contributed by atoms with Gasteiger partial charge in [-0.25, -0.2) is 0 Å². The minimum Gasteiger partial charge on any atom is -0.363 e. The van der Waals surface area contributed by atoms with Crippen LogP contribution in [0.3, 0.4) is 0 Å². The SMILES string of the molecule is COC1(C#N)CCC(C)C(C)C1. The summed E-state index contributed by atoms with van der Waals surface area (Å²) in [5, 5.41) is 8.97. The fraction of sp³-hybridized carbons (Fsp3) is 0.900. The molecule has 2 heteroatoms. The van der Waals surface area contributed by atoms with E-state index >= 15 is 0 Å². The summed E-state index contributed by atoms with van der Waals surface area (Å²) in [7, 11) is 1.64. The molecule has 0 radical (unpaired) electrons. The molecule has 0 saturated heterocycles. The van der Waals surface area contributed by atoms with Gasteiger partial charge in [0, 0.05) is 7.11 Å². The number of hydrogen-bond donors (Lipinski definition) is 0. The molecule has 2 nitrogen and oxygen atoms in total. The molecule has 1 saturated carbocycles. The number of ether oxygens (including phenoxy) is 1. The van der Waals surface area contributed by atoms with Crippen LogP contribution in [0.1, 0.15) is 33.1 Å². The van der Waals surface area contributed by atoms with Gasteiger partial charge in [0.25, 0.3) is 0 Å². The van der Waals surface area contributed by atoms with Crippen LogP contribution in [0.5, 0.6) is 0 Å². The van der Waals surface area contributed by atoms with Crippen molar-refractivity contribution in [3.05, 3.63) is 0 Å². The Balaban J connectivity index is 2.66. The van der Waals surface area contributed by atoms with E-state index < -0.39 is 5.60 Å². The van der Waals surface area contributed by atoms with Gasteiger partial charge >= 0.3 is 0 Å². The van der Waals surface area contributed by atoms with E-state index in [1.54, 1.807) is 7.11 Å². The molecule has 0 aromatic heterocycles. The average Bonchev–Trinajstić information content (AvgIpc) is 2.10. The van der Waals surface area contributed by atoms with Gasteiger partial charge in [0.2, 0.25) is 0 Å². The fourth-order valence-electron chi connectivity index (χ4n) is 1.90. The molecule has 0 amide bonds. The van der Waals surface area contributed by atoms with Crippen LogP contribution in [0.15, 0.2) is 0 Å². The fourth-order valence-corrected chi connectivity index (χ4v) is 1.90. The highest BCUT2D eigenvalue weighted by Gasteiger charge is 2.37. The van der Waals surface area contributed by atoms with Gasteiger partial charge in [-0.1, -0.05) is 13.8 Å². The lowest BCUT2D eigenvalue weighted by Gasteiger charge is -2.36. The Labute approximate surface area is 74.5 Å². The second-order valence-corrected chi connectivity index (χ2v) is 4.01. The predicted octanol–water partition coefficient (Wildman–Crippen LogP) is 2.35. The molecule has 0 heterocycles. The van der Waals surface area contributed by atoms with Crippen LogP contribution >= 0.6 is 0 Å². The number of methoxy groups -OCH3 is 1. The minimum absolute atomic E-state index is 0.480. The Morgan fingerprint density at radius 3 is 2.50 bits per heavy atom. The van der Waals surface area contributed by atoms with E-state index in [-0.39, 0.29) is 0 Å². The van der Waals surface area contributed by atoms with Crippen molar-refractivity contribution >= 4 is 0 Å². The van der Waals surface area contributed by atoms with Crippen LogP contribution < -0.4 is 0 Å². The predicted molar refractivity (Wildman–Crippen MR) is 47.5 cm³/mol. The maximum atomic E-state index is 8.97. The van der Waals surface area contributed by atoms with Gasteiger partial charge < -0.3 is 4.74 Å². The molecule has 68 valence electrons. The maximum absolute atomic E-state index is 8.97. The molecule has 0 bridgehead atoms. The second kappa shape index (κ2) is 3.45. The summed E-state index contributed by atoms with van der Waals surface area (Å²) >= 11 is 0. The minimum atomic E-state index is -0.480. The van der Waals surface area contributed by atoms with Crippen LogP contribution in [0, 0.1) is 23.2 Å². The highest BCUT2D eigenvalue weighted by atomic mass is 16.5. The monoisotopic (exact) mass is 167 g/mol. The molecule has 1 aliphatic rings. The Hall–Kier alpha value is -0.550. The molecular weight excluding hydrogens is 150 g/mol. The second-order valence-electron chi connectivity index (χ2n) is 4.01. The Morgan fingerprint density at radius 1 is 1.42 bits per heavy atom. The highest BCUT2D eigenvalue weighted by molar-refractivity contribution is 5.05. The smallest absolute Gasteiger partial charge is 0.154 e. The van der Waals surface area contributed by atoms with Gasteiger partial charge in [-0.15, -0.1) is 0 Å². The topological polar surface area (TPSA) is 33.0 Å². The first-order chi connectivity index (χ1) is 5.63. The summed E-state index contributed by atoms with van der Waals surface area (Å²) in [5.41, 5.74) is -0.480. The van der Waals surface area contributed by atoms with Gasteiger partial charge in [0.1, 0.15) is 0 Å². The van der Waals surface area contributed by atoms with E-state index in [0.29, 0.717) is 5.92 Å². The third kappa shape index (κ3) is 1.61. The first-order valence-electron chi connectivity index (χ1n) is 4.60. The zero-order valence-electron chi connectivity index (χ0n) is 8.13. The van der Waals surface area contributed by atoms with Crippen molar-refractivity contribution in [3.8, 4) is 6.07 Å². The lowest BCUT2D eigenvalue weighted by Crippen LogP contribution is -2.38. The van der Waals surface area contributed by atoms with Gasteiger partial charge in [0.05, 0.1) is 6.07 Å². The van der Waals surface area contributed by atoms with Crippen LogP contribution in [-0.2, 0) is 4.74 Å². The zero-order chi connectivity index (χ0) is 9.19. The molecule has 1 fully saturated rings. The number of rotatable bonds is 1. The van der Waals surface area contributed by atoms with Gasteiger partial charge in [0.15, 0.2) is 5.60 Å².